The molecule has 6 atom stereocenters. The van der Waals surface area contributed by atoms with Crippen LogP contribution in [0.5, 0.6) is 5.75 Å². The third-order valence-electron chi connectivity index (χ3n) is 11.1. The first-order valence-corrected chi connectivity index (χ1v) is 19.5. The number of rotatable bonds is 3. The van der Waals surface area contributed by atoms with Gasteiger partial charge in [-0.3, -0.25) is 14.3 Å². The van der Waals surface area contributed by atoms with Gasteiger partial charge < -0.3 is 15.0 Å². The Morgan fingerprint density at radius 2 is 1.96 bits per heavy atom. The van der Waals surface area contributed by atoms with E-state index in [-0.39, 0.29) is 34.4 Å². The number of benzene rings is 2. The van der Waals surface area contributed by atoms with Crippen molar-refractivity contribution in [3.8, 4) is 5.75 Å². The highest BCUT2D eigenvalue weighted by Crippen LogP contribution is 2.47. The molecule has 0 aromatic heterocycles. The van der Waals surface area contributed by atoms with Crippen molar-refractivity contribution >= 4 is 44.7 Å². The first-order valence-electron chi connectivity index (χ1n) is 17.3. The maximum Gasteiger partial charge on any atom is 0.262 e. The average molecular weight is 668 g/mol. The molecule has 2 aliphatic heterocycles. The summed E-state index contributed by atoms with van der Waals surface area (Å²) in [6.45, 7) is 8.03. The monoisotopic (exact) mass is 667 g/mol. The van der Waals surface area contributed by atoms with Crippen molar-refractivity contribution in [3.63, 3.8) is 0 Å². The number of halogens is 1. The van der Waals surface area contributed by atoms with E-state index in [0.29, 0.717) is 30.4 Å². The first kappa shape index (κ1) is 33.2. The van der Waals surface area contributed by atoms with Crippen molar-refractivity contribution in [1.82, 2.24) is 10.0 Å². The smallest absolute Gasteiger partial charge is 0.262 e. The zero-order valence-electron chi connectivity index (χ0n) is 27.6. The molecule has 1 saturated carbocycles. The van der Waals surface area contributed by atoms with E-state index in [2.05, 4.69) is 32.9 Å². The van der Waals surface area contributed by atoms with Gasteiger partial charge >= 0.3 is 0 Å². The molecule has 2 aromatic carbocycles. The molecule has 4 aliphatic rings. The van der Waals surface area contributed by atoms with Gasteiger partial charge in [-0.1, -0.05) is 51.3 Å². The fourth-order valence-corrected chi connectivity index (χ4v) is 10.2. The molecule has 1 unspecified atom stereocenters. The lowest BCUT2D eigenvalue weighted by atomic mass is 9.67. The molecule has 2 N–H and O–H groups in total. The number of aryl methyl sites for hydroxylation is 1. The minimum atomic E-state index is -2.88. The van der Waals surface area contributed by atoms with Crippen LogP contribution in [-0.2, 0) is 26.3 Å². The Morgan fingerprint density at radius 3 is 2.70 bits per heavy atom. The molecule has 1 fully saturated rings. The van der Waals surface area contributed by atoms with Gasteiger partial charge in [-0.25, -0.2) is 4.21 Å². The highest BCUT2D eigenvalue weighted by molar-refractivity contribution is 7.99. The zero-order chi connectivity index (χ0) is 32.6. The zero-order valence-corrected chi connectivity index (χ0v) is 29.2. The van der Waals surface area contributed by atoms with Crippen LogP contribution in [-0.4, -0.2) is 52.9 Å². The SMILES string of the molecule is C=S1(=O)NC(=O)c2ccc3c(c2)N(C[C@@H]2CC[C@H]2[C@H](NC(=O)C(C)C)CCCC[C@H]1CC)C[C@@]1(CCCc2cc(Cl)ccc21)CO3. The summed E-state index contributed by atoms with van der Waals surface area (Å²) in [5.41, 5.74) is 3.73. The number of nitrogens with zero attached hydrogens (tertiary/aromatic N) is 1. The Morgan fingerprint density at radius 1 is 1.15 bits per heavy atom. The molecule has 2 amide bonds. The van der Waals surface area contributed by atoms with E-state index in [9.17, 15) is 13.8 Å². The van der Waals surface area contributed by atoms with Crippen molar-refractivity contribution < 1.29 is 18.5 Å². The van der Waals surface area contributed by atoms with Crippen molar-refractivity contribution in [2.75, 3.05) is 24.6 Å². The van der Waals surface area contributed by atoms with E-state index >= 15 is 0 Å². The van der Waals surface area contributed by atoms with Crippen LogP contribution in [0.2, 0.25) is 5.02 Å². The standard InChI is InChI=1S/C37H50ClN3O4S/c1-5-29-10-6-7-11-32(39-35(42)24(2)3)30-15-12-27(30)21-41-22-37(18-8-9-25-19-28(38)14-16-31(25)37)23-45-34-17-13-26(20-33(34)41)36(43)40-46(29,4)44/h13-14,16-17,19-20,24,27,29-30,32H,4-12,15,18,21-23H2,1-3H3,(H,39,42)(H,40,43,44)/t27-,29+,30+,32+,37-,46?/m0/s1. The molecule has 2 aromatic rings. The molecule has 0 radical (unpaired) electrons. The summed E-state index contributed by atoms with van der Waals surface area (Å²) in [7, 11) is -2.88. The molecule has 250 valence electrons. The molecule has 46 heavy (non-hydrogen) atoms. The van der Waals surface area contributed by atoms with Crippen LogP contribution in [0.3, 0.4) is 0 Å². The van der Waals surface area contributed by atoms with Gasteiger partial charge in [-0.2, -0.15) is 0 Å². The molecule has 2 aliphatic carbocycles. The lowest BCUT2D eigenvalue weighted by Crippen LogP contribution is -2.52. The quantitative estimate of drug-likeness (QED) is 0.356. The second-order valence-corrected chi connectivity index (χ2v) is 17.3. The van der Waals surface area contributed by atoms with Crippen LogP contribution in [0.15, 0.2) is 36.4 Å². The number of anilines is 1. The van der Waals surface area contributed by atoms with Gasteiger partial charge in [-0.05, 0) is 111 Å². The maximum atomic E-state index is 13.8. The molecule has 1 spiro atoms. The number of fused-ring (bicyclic) bond motifs is 4. The summed E-state index contributed by atoms with van der Waals surface area (Å²) in [6, 6.07) is 12.0. The van der Waals surface area contributed by atoms with Gasteiger partial charge in [0.1, 0.15) is 5.75 Å². The van der Waals surface area contributed by atoms with Crippen LogP contribution in [0.4, 0.5) is 5.69 Å². The van der Waals surface area contributed by atoms with Gasteiger partial charge in [0.05, 0.1) is 22.0 Å². The number of amides is 2. The van der Waals surface area contributed by atoms with E-state index in [1.807, 2.05) is 39.0 Å². The number of ether oxygens (including phenoxy) is 1. The number of carbonyl (C=O) groups excluding carboxylic acids is 2. The fraction of sp³-hybridized carbons (Fsp3) is 0.595. The Labute approximate surface area is 280 Å². The van der Waals surface area contributed by atoms with Crippen molar-refractivity contribution in [1.29, 1.82) is 0 Å². The minimum Gasteiger partial charge on any atom is -0.490 e. The average Bonchev–Trinajstić information content (AvgIpc) is 3.15. The number of nitrogens with one attached hydrogen (secondary N) is 2. The Kier molecular flexibility index (Phi) is 9.69. The van der Waals surface area contributed by atoms with Gasteiger partial charge in [-0.15, -0.1) is 0 Å². The van der Waals surface area contributed by atoms with Crippen LogP contribution in [0.1, 0.15) is 100 Å². The van der Waals surface area contributed by atoms with Crippen molar-refractivity contribution in [2.24, 2.45) is 17.8 Å². The normalized spacial score (nSPS) is 31.5. The predicted molar refractivity (Wildman–Crippen MR) is 188 cm³/mol. The number of hydrogen-bond acceptors (Lipinski definition) is 5. The molecule has 0 saturated heterocycles. The van der Waals surface area contributed by atoms with E-state index in [0.717, 1.165) is 87.3 Å². The highest BCUT2D eigenvalue weighted by Gasteiger charge is 2.45. The summed E-state index contributed by atoms with van der Waals surface area (Å²) >= 11 is 6.45. The minimum absolute atomic E-state index is 0.0735. The lowest BCUT2D eigenvalue weighted by Gasteiger charge is -2.47. The first-order chi connectivity index (χ1) is 22.0. The summed E-state index contributed by atoms with van der Waals surface area (Å²) < 4.78 is 23.3. The van der Waals surface area contributed by atoms with Gasteiger partial charge in [0.2, 0.25) is 5.91 Å². The molecule has 9 heteroatoms. The van der Waals surface area contributed by atoms with Gasteiger partial charge in [0.25, 0.3) is 5.91 Å². The summed E-state index contributed by atoms with van der Waals surface area (Å²) in [6.07, 6.45) is 9.33. The summed E-state index contributed by atoms with van der Waals surface area (Å²) in [5.74, 6) is 5.25. The van der Waals surface area contributed by atoms with E-state index in [4.69, 9.17) is 16.3 Å². The summed E-state index contributed by atoms with van der Waals surface area (Å²) in [4.78, 5) is 29.1. The molecule has 6 rings (SSSR count). The van der Waals surface area contributed by atoms with Gasteiger partial charge in [0.15, 0.2) is 0 Å². The molecule has 7 nitrogen and oxygen atoms in total. The van der Waals surface area contributed by atoms with Crippen LogP contribution in [0, 0.1) is 17.8 Å². The Bertz CT molecular complexity index is 1580. The molecular weight excluding hydrogens is 618 g/mol. The van der Waals surface area contributed by atoms with Crippen LogP contribution >= 0.6 is 11.6 Å². The fourth-order valence-electron chi connectivity index (χ4n) is 8.33. The summed E-state index contributed by atoms with van der Waals surface area (Å²) in [5, 5.41) is 3.97. The molecular formula is C37H50ClN3O4S. The number of carbonyl (C=O) groups is 2. The third-order valence-corrected chi connectivity index (χ3v) is 13.6. The van der Waals surface area contributed by atoms with E-state index < -0.39 is 9.71 Å². The third kappa shape index (κ3) is 6.66. The topological polar surface area (TPSA) is 87.7 Å². The van der Waals surface area contributed by atoms with Crippen LogP contribution < -0.4 is 19.7 Å². The predicted octanol–water partition coefficient (Wildman–Crippen LogP) is 6.69. The van der Waals surface area contributed by atoms with Gasteiger partial charge in [0, 0.05) is 46.3 Å². The molecule has 2 bridgehead atoms. The molecule has 2 heterocycles. The maximum absolute atomic E-state index is 13.8. The number of hydrogen-bond donors (Lipinski definition) is 2. The van der Waals surface area contributed by atoms with E-state index in [1.165, 1.54) is 11.1 Å². The second kappa shape index (κ2) is 13.4. The van der Waals surface area contributed by atoms with E-state index in [1.54, 1.807) is 6.07 Å². The van der Waals surface area contributed by atoms with Crippen molar-refractivity contribution in [3.05, 3.63) is 58.1 Å². The van der Waals surface area contributed by atoms with Crippen LogP contribution in [0.25, 0.3) is 0 Å². The largest absolute Gasteiger partial charge is 0.490 e. The Hall–Kier alpha value is -2.71. The lowest BCUT2D eigenvalue weighted by molar-refractivity contribution is -0.125. The second-order valence-electron chi connectivity index (χ2n) is 14.5. The Balaban J connectivity index is 1.41. The highest BCUT2D eigenvalue weighted by atomic mass is 35.5. The van der Waals surface area contributed by atoms with Crippen molar-refractivity contribution in [2.45, 2.75) is 102 Å².